The molecule has 0 bridgehead atoms. The van der Waals surface area contributed by atoms with Crippen LogP contribution in [-0.4, -0.2) is 16.5 Å². The van der Waals surface area contributed by atoms with E-state index in [2.05, 4.69) is 4.98 Å². The number of ketones is 1. The lowest BCUT2D eigenvalue weighted by Gasteiger charge is -2.11. The third kappa shape index (κ3) is 3.58. The van der Waals surface area contributed by atoms with E-state index in [1.54, 1.807) is 17.5 Å². The van der Waals surface area contributed by atoms with Crippen molar-refractivity contribution in [2.45, 2.75) is 11.2 Å². The third-order valence-electron chi connectivity index (χ3n) is 2.57. The first-order chi connectivity index (χ1) is 10.3. The van der Waals surface area contributed by atoms with Gasteiger partial charge in [0.25, 0.3) is 0 Å². The summed E-state index contributed by atoms with van der Waals surface area (Å²) in [6.07, 6.45) is -4.81. The summed E-state index contributed by atoms with van der Waals surface area (Å²) in [6.45, 7) is 0. The van der Waals surface area contributed by atoms with E-state index < -0.39 is 22.9 Å². The maximum atomic E-state index is 12.8. The molecule has 0 radical (unpaired) electrons. The van der Waals surface area contributed by atoms with Crippen LogP contribution in [-0.2, 0) is 6.18 Å². The van der Waals surface area contributed by atoms with E-state index in [-0.39, 0.29) is 16.6 Å². The highest BCUT2D eigenvalue weighted by atomic mass is 32.2. The first-order valence-electron chi connectivity index (χ1n) is 5.77. The zero-order valence-electron chi connectivity index (χ0n) is 10.7. The van der Waals surface area contributed by atoms with E-state index in [1.165, 1.54) is 17.4 Å². The fourth-order valence-corrected chi connectivity index (χ4v) is 3.28. The van der Waals surface area contributed by atoms with Crippen molar-refractivity contribution in [3.8, 4) is 6.07 Å². The lowest BCUT2D eigenvalue weighted by molar-refractivity contribution is -0.138. The average molecular weight is 344 g/mol. The summed E-state index contributed by atoms with van der Waals surface area (Å²) in [4.78, 5) is 25.8. The molecule has 22 heavy (non-hydrogen) atoms. The number of aromatic amines is 1. The Morgan fingerprint density at radius 3 is 2.73 bits per heavy atom. The first-order valence-corrected chi connectivity index (χ1v) is 7.63. The van der Waals surface area contributed by atoms with Gasteiger partial charge in [-0.1, -0.05) is 17.8 Å². The van der Waals surface area contributed by atoms with E-state index in [4.69, 9.17) is 5.26 Å². The molecule has 9 heteroatoms. The Morgan fingerprint density at radius 1 is 1.45 bits per heavy atom. The Morgan fingerprint density at radius 2 is 2.18 bits per heavy atom. The lowest BCUT2D eigenvalue weighted by atomic mass is 10.1. The number of halogens is 3. The van der Waals surface area contributed by atoms with Crippen LogP contribution in [0.2, 0.25) is 0 Å². The highest BCUT2D eigenvalue weighted by Crippen LogP contribution is 2.34. The van der Waals surface area contributed by atoms with Gasteiger partial charge in [0.2, 0.25) is 5.56 Å². The van der Waals surface area contributed by atoms with Crippen molar-refractivity contribution >= 4 is 28.9 Å². The highest BCUT2D eigenvalue weighted by Gasteiger charge is 2.35. The van der Waals surface area contributed by atoms with Gasteiger partial charge in [-0.05, 0) is 11.4 Å². The van der Waals surface area contributed by atoms with Crippen molar-refractivity contribution in [3.63, 3.8) is 0 Å². The van der Waals surface area contributed by atoms with Gasteiger partial charge in [-0.25, -0.2) is 0 Å². The number of thioether (sulfide) groups is 1. The Labute approximate surface area is 130 Å². The minimum atomic E-state index is -4.81. The fraction of sp³-hybridized carbons (Fsp3) is 0.154. The maximum Gasteiger partial charge on any atom is 0.417 e. The number of nitrogens with zero attached hydrogens (tertiary/aromatic N) is 1. The van der Waals surface area contributed by atoms with Crippen LogP contribution >= 0.6 is 23.1 Å². The van der Waals surface area contributed by atoms with E-state index in [1.807, 2.05) is 0 Å². The molecule has 2 aromatic rings. The zero-order chi connectivity index (χ0) is 16.3. The van der Waals surface area contributed by atoms with Crippen molar-refractivity contribution in [3.05, 3.63) is 49.9 Å². The van der Waals surface area contributed by atoms with Crippen molar-refractivity contribution in [2.75, 3.05) is 5.75 Å². The van der Waals surface area contributed by atoms with Gasteiger partial charge in [0.1, 0.15) is 6.07 Å². The molecule has 0 aromatic carbocycles. The summed E-state index contributed by atoms with van der Waals surface area (Å²) >= 11 is 1.91. The van der Waals surface area contributed by atoms with Crippen LogP contribution in [0.3, 0.4) is 0 Å². The Kier molecular flexibility index (Phi) is 4.73. The molecule has 0 atom stereocenters. The van der Waals surface area contributed by atoms with Gasteiger partial charge >= 0.3 is 6.18 Å². The van der Waals surface area contributed by atoms with Crippen LogP contribution in [0.5, 0.6) is 0 Å². The number of thiophene rings is 1. The molecule has 0 spiro atoms. The van der Waals surface area contributed by atoms with Crippen molar-refractivity contribution in [2.24, 2.45) is 0 Å². The molecule has 2 rings (SSSR count). The zero-order valence-corrected chi connectivity index (χ0v) is 12.4. The van der Waals surface area contributed by atoms with Crippen LogP contribution < -0.4 is 5.56 Å². The SMILES string of the molecule is N#Cc1c(C(F)(F)F)cc(=O)[nH]c1SCC(=O)c1cccs1. The number of carbonyl (C=O) groups is 1. The standard InChI is InChI=1S/C13H7F3N2O2S2/c14-13(15,16)8-4-11(20)18-12(7(8)5-17)22-6-9(19)10-2-1-3-21-10/h1-4H,6H2,(H,18,20). The molecule has 0 aliphatic rings. The first kappa shape index (κ1) is 16.3. The minimum Gasteiger partial charge on any atom is -0.316 e. The van der Waals surface area contributed by atoms with Crippen molar-refractivity contribution in [1.29, 1.82) is 5.26 Å². The molecule has 0 amide bonds. The van der Waals surface area contributed by atoms with Gasteiger partial charge in [0.15, 0.2) is 5.78 Å². The predicted molar refractivity (Wildman–Crippen MR) is 76.2 cm³/mol. The van der Waals surface area contributed by atoms with E-state index >= 15 is 0 Å². The minimum absolute atomic E-state index is 0.174. The Balaban J connectivity index is 2.32. The van der Waals surface area contributed by atoms with Crippen LogP contribution in [0.1, 0.15) is 20.8 Å². The summed E-state index contributed by atoms with van der Waals surface area (Å²) in [5.41, 5.74) is -2.96. The summed E-state index contributed by atoms with van der Waals surface area (Å²) in [5.74, 6) is -0.464. The van der Waals surface area contributed by atoms with Gasteiger partial charge in [0.05, 0.1) is 26.8 Å². The molecular formula is C13H7F3N2O2S2. The number of hydrogen-bond acceptors (Lipinski definition) is 5. The van der Waals surface area contributed by atoms with Gasteiger partial charge in [-0.3, -0.25) is 9.59 Å². The second kappa shape index (κ2) is 6.37. The number of aromatic nitrogens is 1. The highest BCUT2D eigenvalue weighted by molar-refractivity contribution is 8.00. The quantitative estimate of drug-likeness (QED) is 0.682. The topological polar surface area (TPSA) is 73.7 Å². The Bertz CT molecular complexity index is 789. The van der Waals surface area contributed by atoms with Crippen LogP contribution in [0.25, 0.3) is 0 Å². The molecule has 0 fully saturated rings. The smallest absolute Gasteiger partial charge is 0.316 e. The molecule has 4 nitrogen and oxygen atoms in total. The number of pyridine rings is 1. The summed E-state index contributed by atoms with van der Waals surface area (Å²) in [7, 11) is 0. The van der Waals surface area contributed by atoms with Gasteiger partial charge in [-0.2, -0.15) is 18.4 Å². The summed E-state index contributed by atoms with van der Waals surface area (Å²) < 4.78 is 38.5. The van der Waals surface area contributed by atoms with Gasteiger partial charge < -0.3 is 4.98 Å². The Hall–Kier alpha value is -2.05. The second-order valence-corrected chi connectivity index (χ2v) is 5.98. The largest absolute Gasteiger partial charge is 0.417 e. The molecule has 2 aromatic heterocycles. The number of nitriles is 1. The number of nitrogens with one attached hydrogen (secondary N) is 1. The summed E-state index contributed by atoms with van der Waals surface area (Å²) in [6, 6.07) is 5.04. The molecule has 0 aliphatic carbocycles. The van der Waals surface area contributed by atoms with Gasteiger partial charge in [0, 0.05) is 6.07 Å². The summed E-state index contributed by atoms with van der Waals surface area (Å²) in [5, 5.41) is 10.4. The number of hydrogen-bond donors (Lipinski definition) is 1. The van der Waals surface area contributed by atoms with Gasteiger partial charge in [-0.15, -0.1) is 11.3 Å². The number of Topliss-reactive ketones (excluding diaryl/α,β-unsaturated/α-hetero) is 1. The number of carbonyl (C=O) groups excluding carboxylic acids is 1. The van der Waals surface area contributed by atoms with E-state index in [9.17, 15) is 22.8 Å². The van der Waals surface area contributed by atoms with E-state index in [0.717, 1.165) is 0 Å². The second-order valence-electron chi connectivity index (χ2n) is 4.05. The maximum absolute atomic E-state index is 12.8. The van der Waals surface area contributed by atoms with Crippen LogP contribution in [0, 0.1) is 11.3 Å². The number of rotatable bonds is 4. The monoisotopic (exact) mass is 344 g/mol. The van der Waals surface area contributed by atoms with Crippen LogP contribution in [0.15, 0.2) is 33.4 Å². The normalized spacial score (nSPS) is 11.2. The van der Waals surface area contributed by atoms with Crippen molar-refractivity contribution < 1.29 is 18.0 Å². The fourth-order valence-electron chi connectivity index (χ4n) is 1.62. The number of alkyl halides is 3. The van der Waals surface area contributed by atoms with Crippen LogP contribution in [0.4, 0.5) is 13.2 Å². The average Bonchev–Trinajstić information content (AvgIpc) is 2.97. The predicted octanol–water partition coefficient (Wildman–Crippen LogP) is 3.30. The molecular weight excluding hydrogens is 337 g/mol. The molecule has 0 saturated heterocycles. The molecule has 1 N–H and O–H groups in total. The lowest BCUT2D eigenvalue weighted by Crippen LogP contribution is -2.17. The molecule has 0 aliphatic heterocycles. The molecule has 2 heterocycles. The third-order valence-corrected chi connectivity index (χ3v) is 4.48. The van der Waals surface area contributed by atoms with E-state index in [0.29, 0.717) is 22.7 Å². The molecule has 114 valence electrons. The van der Waals surface area contributed by atoms with Crippen molar-refractivity contribution in [1.82, 2.24) is 4.98 Å². The molecule has 0 unspecified atom stereocenters. The molecule has 0 saturated carbocycles. The number of H-pyrrole nitrogens is 1.